The Kier molecular flexibility index (Phi) is 3.21. The highest BCUT2D eigenvalue weighted by molar-refractivity contribution is 7.19. The van der Waals surface area contributed by atoms with Crippen LogP contribution in [0.5, 0.6) is 0 Å². The third-order valence-electron chi connectivity index (χ3n) is 2.50. The molecule has 0 saturated carbocycles. The summed E-state index contributed by atoms with van der Waals surface area (Å²) in [6.45, 7) is 2.14. The summed E-state index contributed by atoms with van der Waals surface area (Å²) in [4.78, 5) is 1.08. The average molecular weight is 256 g/mol. The number of anilines is 1. The summed E-state index contributed by atoms with van der Waals surface area (Å²) in [6.07, 6.45) is 2.01. The molecule has 5 heteroatoms. The molecule has 0 unspecified atom stereocenters. The molecule has 0 aliphatic rings. The van der Waals surface area contributed by atoms with E-state index in [-0.39, 0.29) is 0 Å². The van der Waals surface area contributed by atoms with Gasteiger partial charge in [0, 0.05) is 12.6 Å². The Morgan fingerprint density at radius 2 is 2.25 bits per heavy atom. The molecule has 0 amide bonds. The molecule has 0 aliphatic heterocycles. The first-order valence-electron chi connectivity index (χ1n) is 5.20. The lowest BCUT2D eigenvalue weighted by molar-refractivity contribution is 0.781. The molecule has 0 bridgehead atoms. The first kappa shape index (κ1) is 11.5. The Morgan fingerprint density at radius 1 is 1.50 bits per heavy atom. The van der Waals surface area contributed by atoms with Gasteiger partial charge in [-0.1, -0.05) is 24.9 Å². The van der Waals surface area contributed by atoms with Gasteiger partial charge in [0.15, 0.2) is 0 Å². The molecule has 0 radical (unpaired) electrons. The van der Waals surface area contributed by atoms with Crippen molar-refractivity contribution in [3.8, 4) is 10.6 Å². The summed E-state index contributed by atoms with van der Waals surface area (Å²) in [5.74, 6) is 0.751. The van der Waals surface area contributed by atoms with Crippen LogP contribution in [-0.4, -0.2) is 9.78 Å². The molecule has 2 rings (SSSR count). The SMILES string of the molecule is CCCc1c(-c2ccc(Cl)s2)nn(C)c1N. The van der Waals surface area contributed by atoms with E-state index in [2.05, 4.69) is 12.0 Å². The minimum atomic E-state index is 0.751. The van der Waals surface area contributed by atoms with Gasteiger partial charge in [-0.15, -0.1) is 11.3 Å². The van der Waals surface area contributed by atoms with E-state index in [1.165, 1.54) is 11.3 Å². The van der Waals surface area contributed by atoms with Crippen molar-refractivity contribution < 1.29 is 0 Å². The van der Waals surface area contributed by atoms with E-state index >= 15 is 0 Å². The molecule has 0 spiro atoms. The first-order chi connectivity index (χ1) is 7.63. The number of thiophene rings is 1. The normalized spacial score (nSPS) is 10.9. The summed E-state index contributed by atoms with van der Waals surface area (Å²) < 4.78 is 2.51. The van der Waals surface area contributed by atoms with Crippen LogP contribution in [0.1, 0.15) is 18.9 Å². The zero-order chi connectivity index (χ0) is 11.7. The third-order valence-corrected chi connectivity index (χ3v) is 3.74. The van der Waals surface area contributed by atoms with E-state index in [1.54, 1.807) is 4.68 Å². The number of aromatic nitrogens is 2. The highest BCUT2D eigenvalue weighted by atomic mass is 35.5. The van der Waals surface area contributed by atoms with E-state index in [1.807, 2.05) is 19.2 Å². The second-order valence-electron chi connectivity index (χ2n) is 3.69. The van der Waals surface area contributed by atoms with Gasteiger partial charge in [0.1, 0.15) is 11.5 Å². The Balaban J connectivity index is 2.51. The Hall–Kier alpha value is -1.00. The topological polar surface area (TPSA) is 43.8 Å². The monoisotopic (exact) mass is 255 g/mol. The zero-order valence-electron chi connectivity index (χ0n) is 9.33. The summed E-state index contributed by atoms with van der Waals surface area (Å²) in [6, 6.07) is 3.89. The molecule has 2 aromatic rings. The van der Waals surface area contributed by atoms with Crippen molar-refractivity contribution in [1.29, 1.82) is 0 Å². The standard InChI is InChI=1S/C11H14ClN3S/c1-3-4-7-10(14-15(2)11(7)13)8-5-6-9(12)16-8/h5-6H,3-4,13H2,1-2H3. The summed E-state index contributed by atoms with van der Waals surface area (Å²) in [7, 11) is 1.87. The number of rotatable bonds is 3. The van der Waals surface area contributed by atoms with Gasteiger partial charge in [-0.3, -0.25) is 4.68 Å². The van der Waals surface area contributed by atoms with E-state index in [0.29, 0.717) is 0 Å². The van der Waals surface area contributed by atoms with Crippen LogP contribution in [0.4, 0.5) is 5.82 Å². The van der Waals surface area contributed by atoms with Gasteiger partial charge >= 0.3 is 0 Å². The summed E-state index contributed by atoms with van der Waals surface area (Å²) >= 11 is 7.48. The van der Waals surface area contributed by atoms with E-state index in [4.69, 9.17) is 17.3 Å². The molecular formula is C11H14ClN3S. The number of aryl methyl sites for hydroxylation is 1. The van der Waals surface area contributed by atoms with E-state index < -0.39 is 0 Å². The fourth-order valence-corrected chi connectivity index (χ4v) is 2.77. The van der Waals surface area contributed by atoms with Crippen molar-refractivity contribution in [3.05, 3.63) is 22.0 Å². The van der Waals surface area contributed by atoms with Crippen molar-refractivity contribution in [1.82, 2.24) is 9.78 Å². The second-order valence-corrected chi connectivity index (χ2v) is 5.40. The minimum absolute atomic E-state index is 0.751. The molecule has 2 aromatic heterocycles. The fraction of sp³-hybridized carbons (Fsp3) is 0.364. The maximum atomic E-state index is 6.01. The number of nitrogen functional groups attached to an aromatic ring is 1. The number of nitrogens with zero attached hydrogens (tertiary/aromatic N) is 2. The van der Waals surface area contributed by atoms with E-state index in [9.17, 15) is 0 Å². The molecule has 0 aromatic carbocycles. The maximum Gasteiger partial charge on any atom is 0.125 e. The van der Waals surface area contributed by atoms with Crippen LogP contribution in [-0.2, 0) is 13.5 Å². The lowest BCUT2D eigenvalue weighted by atomic mass is 10.1. The predicted molar refractivity (Wildman–Crippen MR) is 69.9 cm³/mol. The molecule has 0 saturated heterocycles. The molecule has 16 heavy (non-hydrogen) atoms. The number of nitrogens with two attached hydrogens (primary N) is 1. The smallest absolute Gasteiger partial charge is 0.125 e. The third kappa shape index (κ3) is 1.95. The Morgan fingerprint density at radius 3 is 2.81 bits per heavy atom. The number of hydrogen-bond acceptors (Lipinski definition) is 3. The van der Waals surface area contributed by atoms with Crippen molar-refractivity contribution in [2.75, 3.05) is 5.73 Å². The van der Waals surface area contributed by atoms with Gasteiger partial charge < -0.3 is 5.73 Å². The van der Waals surface area contributed by atoms with Crippen molar-refractivity contribution in [3.63, 3.8) is 0 Å². The quantitative estimate of drug-likeness (QED) is 0.914. The molecule has 3 nitrogen and oxygen atoms in total. The zero-order valence-corrected chi connectivity index (χ0v) is 10.9. The molecule has 86 valence electrons. The van der Waals surface area contributed by atoms with Crippen LogP contribution in [0, 0.1) is 0 Å². The van der Waals surface area contributed by atoms with Crippen LogP contribution in [0.25, 0.3) is 10.6 Å². The summed E-state index contributed by atoms with van der Waals surface area (Å²) in [5.41, 5.74) is 8.11. The van der Waals surface area contributed by atoms with Crippen LogP contribution in [0.2, 0.25) is 4.34 Å². The van der Waals surface area contributed by atoms with Crippen LogP contribution in [0.15, 0.2) is 12.1 Å². The highest BCUT2D eigenvalue weighted by Gasteiger charge is 2.15. The van der Waals surface area contributed by atoms with Gasteiger partial charge in [0.2, 0.25) is 0 Å². The van der Waals surface area contributed by atoms with Crippen molar-refractivity contribution in [2.24, 2.45) is 7.05 Å². The molecule has 2 heterocycles. The Bertz CT molecular complexity index is 501. The molecular weight excluding hydrogens is 242 g/mol. The highest BCUT2D eigenvalue weighted by Crippen LogP contribution is 2.34. The lowest BCUT2D eigenvalue weighted by Crippen LogP contribution is -1.99. The fourth-order valence-electron chi connectivity index (χ4n) is 1.72. The van der Waals surface area contributed by atoms with Gasteiger partial charge in [0.25, 0.3) is 0 Å². The van der Waals surface area contributed by atoms with Gasteiger partial charge in [-0.2, -0.15) is 5.10 Å². The molecule has 2 N–H and O–H groups in total. The minimum Gasteiger partial charge on any atom is -0.384 e. The van der Waals surface area contributed by atoms with Gasteiger partial charge in [-0.25, -0.2) is 0 Å². The molecule has 0 aliphatic carbocycles. The number of hydrogen-bond donors (Lipinski definition) is 1. The van der Waals surface area contributed by atoms with Crippen molar-refractivity contribution in [2.45, 2.75) is 19.8 Å². The molecule has 0 atom stereocenters. The van der Waals surface area contributed by atoms with Crippen LogP contribution in [0.3, 0.4) is 0 Å². The second kappa shape index (κ2) is 4.47. The van der Waals surface area contributed by atoms with Crippen LogP contribution >= 0.6 is 22.9 Å². The predicted octanol–water partition coefficient (Wildman–Crippen LogP) is 3.34. The number of halogens is 1. The Labute approximate surface area is 104 Å². The van der Waals surface area contributed by atoms with Gasteiger partial charge in [0.05, 0.1) is 9.21 Å². The van der Waals surface area contributed by atoms with Crippen molar-refractivity contribution >= 4 is 28.8 Å². The molecule has 0 fully saturated rings. The van der Waals surface area contributed by atoms with Crippen LogP contribution < -0.4 is 5.73 Å². The summed E-state index contributed by atoms with van der Waals surface area (Å²) in [5, 5.41) is 4.46. The van der Waals surface area contributed by atoms with E-state index in [0.717, 1.165) is 39.1 Å². The maximum absolute atomic E-state index is 6.01. The van der Waals surface area contributed by atoms with Gasteiger partial charge in [-0.05, 0) is 18.6 Å². The largest absolute Gasteiger partial charge is 0.384 e. The lowest BCUT2D eigenvalue weighted by Gasteiger charge is -1.99. The first-order valence-corrected chi connectivity index (χ1v) is 6.40. The average Bonchev–Trinajstić information content (AvgIpc) is 2.78.